The smallest absolute Gasteiger partial charge is 0.243 e. The molecule has 0 aliphatic carbocycles. The van der Waals surface area contributed by atoms with Crippen LogP contribution in [0.25, 0.3) is 0 Å². The molecule has 1 aliphatic rings. The number of hydrogen-bond donors (Lipinski definition) is 3. The number of aryl methyl sites for hydroxylation is 1. The van der Waals surface area contributed by atoms with E-state index >= 15 is 0 Å². The molecule has 1 saturated heterocycles. The van der Waals surface area contributed by atoms with Gasteiger partial charge < -0.3 is 20.3 Å². The number of piperazine rings is 1. The van der Waals surface area contributed by atoms with E-state index in [1.165, 1.54) is 6.92 Å². The monoisotopic (exact) mass is 490 g/mol. The molecule has 0 radical (unpaired) electrons. The Balaban J connectivity index is 0.00000408. The Hall–Kier alpha value is -3.14. The molecule has 184 valence electrons. The zero-order chi connectivity index (χ0) is 23.8. The molecule has 10 heteroatoms. The van der Waals surface area contributed by atoms with Crippen molar-refractivity contribution in [2.24, 2.45) is 5.73 Å². The van der Waals surface area contributed by atoms with Gasteiger partial charge in [-0.25, -0.2) is 5.48 Å². The summed E-state index contributed by atoms with van der Waals surface area (Å²) in [7, 11) is 0. The second-order valence-corrected chi connectivity index (χ2v) is 8.07. The molecule has 0 saturated carbocycles. The number of nitrogens with one attached hydrogen (secondary N) is 1. The molecule has 1 atom stereocenters. The van der Waals surface area contributed by atoms with E-state index in [2.05, 4.69) is 0 Å². The van der Waals surface area contributed by atoms with Gasteiger partial charge in [0.2, 0.25) is 17.7 Å². The summed E-state index contributed by atoms with van der Waals surface area (Å²) in [5.41, 5.74) is 9.67. The normalized spacial score (nSPS) is 14.1. The van der Waals surface area contributed by atoms with E-state index in [-0.39, 0.29) is 30.6 Å². The molecular formula is C24H31ClN4O5. The van der Waals surface area contributed by atoms with E-state index in [1.54, 1.807) is 15.3 Å². The number of rotatable bonds is 8. The Morgan fingerprint density at radius 2 is 1.44 bits per heavy atom. The molecule has 1 fully saturated rings. The highest BCUT2D eigenvalue weighted by Crippen LogP contribution is 2.23. The first-order valence-electron chi connectivity index (χ1n) is 10.9. The van der Waals surface area contributed by atoms with Crippen LogP contribution in [0.1, 0.15) is 24.5 Å². The van der Waals surface area contributed by atoms with Crippen LogP contribution in [0.3, 0.4) is 0 Å². The minimum Gasteiger partial charge on any atom is -0.457 e. The molecular weight excluding hydrogens is 460 g/mol. The number of benzene rings is 2. The second kappa shape index (κ2) is 12.9. The lowest BCUT2D eigenvalue weighted by molar-refractivity contribution is -0.139. The van der Waals surface area contributed by atoms with Crippen molar-refractivity contribution >= 4 is 30.1 Å². The number of hydrogen-bond acceptors (Lipinski definition) is 6. The quantitative estimate of drug-likeness (QED) is 0.383. The van der Waals surface area contributed by atoms with Crippen LogP contribution in [-0.4, -0.2) is 64.9 Å². The molecule has 2 aromatic rings. The molecule has 4 N–H and O–H groups in total. The largest absolute Gasteiger partial charge is 0.457 e. The lowest BCUT2D eigenvalue weighted by Crippen LogP contribution is -2.54. The molecule has 3 rings (SSSR count). The lowest BCUT2D eigenvalue weighted by atomic mass is 10.0. The average Bonchev–Trinajstić information content (AvgIpc) is 2.84. The number of carbonyl (C=O) groups is 3. The number of nitrogens with two attached hydrogens (primary N) is 1. The third-order valence-electron chi connectivity index (χ3n) is 5.66. The van der Waals surface area contributed by atoms with Gasteiger partial charge in [-0.1, -0.05) is 24.3 Å². The van der Waals surface area contributed by atoms with Crippen LogP contribution in [-0.2, 0) is 27.2 Å². The first-order chi connectivity index (χ1) is 15.9. The van der Waals surface area contributed by atoms with Crippen LogP contribution in [0.15, 0.2) is 48.5 Å². The van der Waals surface area contributed by atoms with Crippen LogP contribution in [0.2, 0.25) is 0 Å². The molecule has 0 aromatic heterocycles. The number of hydroxylamine groups is 1. The molecule has 1 heterocycles. The predicted molar refractivity (Wildman–Crippen MR) is 129 cm³/mol. The maximum absolute atomic E-state index is 12.7. The van der Waals surface area contributed by atoms with Crippen LogP contribution in [0.4, 0.5) is 0 Å². The van der Waals surface area contributed by atoms with E-state index in [9.17, 15) is 14.4 Å². The fourth-order valence-electron chi connectivity index (χ4n) is 3.69. The molecule has 1 aliphatic heterocycles. The van der Waals surface area contributed by atoms with Crippen molar-refractivity contribution < 1.29 is 24.3 Å². The van der Waals surface area contributed by atoms with Gasteiger partial charge in [-0.15, -0.1) is 12.4 Å². The topological polar surface area (TPSA) is 125 Å². The number of nitrogens with zero attached hydrogens (tertiary/aromatic N) is 2. The third kappa shape index (κ3) is 7.72. The highest BCUT2D eigenvalue weighted by Gasteiger charge is 2.26. The maximum atomic E-state index is 12.7. The van der Waals surface area contributed by atoms with Crippen LogP contribution in [0.5, 0.6) is 11.5 Å². The van der Waals surface area contributed by atoms with E-state index in [0.717, 1.165) is 11.1 Å². The molecule has 34 heavy (non-hydrogen) atoms. The Morgan fingerprint density at radius 3 is 1.94 bits per heavy atom. The molecule has 1 unspecified atom stereocenters. The van der Waals surface area contributed by atoms with E-state index in [1.807, 2.05) is 48.5 Å². The van der Waals surface area contributed by atoms with Gasteiger partial charge in [-0.2, -0.15) is 0 Å². The minimum atomic E-state index is -0.638. The Kier molecular flexibility index (Phi) is 10.3. The van der Waals surface area contributed by atoms with Crippen LogP contribution < -0.4 is 16.0 Å². The second-order valence-electron chi connectivity index (χ2n) is 8.07. The van der Waals surface area contributed by atoms with Crippen molar-refractivity contribution in [1.82, 2.24) is 15.3 Å². The van der Waals surface area contributed by atoms with E-state index in [0.29, 0.717) is 50.5 Å². The van der Waals surface area contributed by atoms with Gasteiger partial charge in [0.15, 0.2) is 0 Å². The number of amides is 3. The van der Waals surface area contributed by atoms with Gasteiger partial charge >= 0.3 is 0 Å². The molecule has 0 bridgehead atoms. The SMILES string of the molecule is CC(=O)N1CCN(C(=O)C(N)Cc2ccc(Oc3ccc(CCC(=O)NO)cc3)cc2)CC1.Cl. The zero-order valence-corrected chi connectivity index (χ0v) is 19.9. The first-order valence-corrected chi connectivity index (χ1v) is 10.9. The number of ether oxygens (including phenoxy) is 1. The van der Waals surface area contributed by atoms with Crippen molar-refractivity contribution in [2.45, 2.75) is 32.2 Å². The van der Waals surface area contributed by atoms with Gasteiger partial charge in [0.05, 0.1) is 6.04 Å². The summed E-state index contributed by atoms with van der Waals surface area (Å²) in [6.45, 7) is 3.63. The lowest BCUT2D eigenvalue weighted by Gasteiger charge is -2.35. The first kappa shape index (κ1) is 27.1. The molecule has 3 amide bonds. The molecule has 0 spiro atoms. The summed E-state index contributed by atoms with van der Waals surface area (Å²) in [5.74, 6) is 0.820. The summed E-state index contributed by atoms with van der Waals surface area (Å²) < 4.78 is 5.85. The highest BCUT2D eigenvalue weighted by molar-refractivity contribution is 5.85. The number of carbonyl (C=O) groups excluding carboxylic acids is 3. The number of halogens is 1. The fraction of sp³-hybridized carbons (Fsp3) is 0.375. The van der Waals surface area contributed by atoms with Gasteiger partial charge in [0.25, 0.3) is 0 Å². The summed E-state index contributed by atoms with van der Waals surface area (Å²) in [6.07, 6.45) is 1.15. The fourth-order valence-corrected chi connectivity index (χ4v) is 3.69. The summed E-state index contributed by atoms with van der Waals surface area (Å²) >= 11 is 0. The molecule has 2 aromatic carbocycles. The standard InChI is InChI=1S/C24H30N4O5.ClH/c1-17(29)27-12-14-28(15-13-27)24(31)22(25)16-19-4-9-21(10-5-19)33-20-7-2-18(3-8-20)6-11-23(30)26-32;/h2-5,7-10,22,32H,6,11-16,25H2,1H3,(H,26,30);1H. The Bertz CT molecular complexity index is 960. The maximum Gasteiger partial charge on any atom is 0.243 e. The summed E-state index contributed by atoms with van der Waals surface area (Å²) in [6, 6.07) is 14.2. The van der Waals surface area contributed by atoms with Crippen LogP contribution in [0, 0.1) is 0 Å². The van der Waals surface area contributed by atoms with Crippen molar-refractivity contribution in [1.29, 1.82) is 0 Å². The van der Waals surface area contributed by atoms with Crippen molar-refractivity contribution in [3.63, 3.8) is 0 Å². The van der Waals surface area contributed by atoms with Gasteiger partial charge in [0, 0.05) is 39.5 Å². The predicted octanol–water partition coefficient (Wildman–Crippen LogP) is 1.90. The van der Waals surface area contributed by atoms with E-state index in [4.69, 9.17) is 15.7 Å². The Labute approximate surface area is 205 Å². The minimum absolute atomic E-state index is 0. The summed E-state index contributed by atoms with van der Waals surface area (Å²) in [5, 5.41) is 8.54. The van der Waals surface area contributed by atoms with Gasteiger partial charge in [-0.3, -0.25) is 19.6 Å². The Morgan fingerprint density at radius 1 is 0.941 bits per heavy atom. The van der Waals surface area contributed by atoms with Gasteiger partial charge in [0.1, 0.15) is 11.5 Å². The third-order valence-corrected chi connectivity index (χ3v) is 5.66. The van der Waals surface area contributed by atoms with Crippen LogP contribution >= 0.6 is 12.4 Å². The average molecular weight is 491 g/mol. The summed E-state index contributed by atoms with van der Waals surface area (Å²) in [4.78, 5) is 38.7. The van der Waals surface area contributed by atoms with E-state index < -0.39 is 11.9 Å². The van der Waals surface area contributed by atoms with Crippen molar-refractivity contribution in [2.75, 3.05) is 26.2 Å². The molecule has 9 nitrogen and oxygen atoms in total. The van der Waals surface area contributed by atoms with Crippen molar-refractivity contribution in [3.8, 4) is 11.5 Å². The van der Waals surface area contributed by atoms with Gasteiger partial charge in [-0.05, 0) is 48.2 Å². The van der Waals surface area contributed by atoms with Crippen molar-refractivity contribution in [3.05, 3.63) is 59.7 Å². The zero-order valence-electron chi connectivity index (χ0n) is 19.1. The highest BCUT2D eigenvalue weighted by atomic mass is 35.5.